The molecule has 0 saturated carbocycles. The van der Waals surface area contributed by atoms with E-state index in [9.17, 15) is 9.59 Å². The number of nitrogens with one attached hydrogen (secondary N) is 1. The largest absolute Gasteiger partial charge is 0.497 e. The Morgan fingerprint density at radius 3 is 2.60 bits per heavy atom. The summed E-state index contributed by atoms with van der Waals surface area (Å²) in [5.41, 5.74) is 4.36. The van der Waals surface area contributed by atoms with Crippen LogP contribution in [-0.4, -0.2) is 34.3 Å². The van der Waals surface area contributed by atoms with E-state index in [2.05, 4.69) is 15.0 Å². The predicted molar refractivity (Wildman–Crippen MR) is 135 cm³/mol. The number of ether oxygens (including phenoxy) is 2. The van der Waals surface area contributed by atoms with Crippen molar-refractivity contribution in [3.63, 3.8) is 0 Å². The van der Waals surface area contributed by atoms with E-state index in [-0.39, 0.29) is 17.9 Å². The van der Waals surface area contributed by atoms with Gasteiger partial charge in [0.05, 0.1) is 19.9 Å². The van der Waals surface area contributed by atoms with Crippen LogP contribution in [-0.2, 0) is 24.3 Å². The maximum absolute atomic E-state index is 13.4. The lowest BCUT2D eigenvalue weighted by atomic mass is 10.1. The van der Waals surface area contributed by atoms with Gasteiger partial charge in [0.25, 0.3) is 5.56 Å². The first kappa shape index (κ1) is 24.1. The smallest absolute Gasteiger partial charge is 0.277 e. The van der Waals surface area contributed by atoms with Crippen LogP contribution in [0.3, 0.4) is 0 Å². The molecule has 0 atom stereocenters. The molecule has 0 fully saturated rings. The summed E-state index contributed by atoms with van der Waals surface area (Å²) in [5.74, 6) is 1.31. The van der Waals surface area contributed by atoms with Crippen molar-refractivity contribution >= 4 is 11.6 Å². The van der Waals surface area contributed by atoms with E-state index in [1.54, 1.807) is 14.2 Å². The van der Waals surface area contributed by atoms with Gasteiger partial charge in [0.15, 0.2) is 0 Å². The molecule has 4 aromatic rings. The number of aromatic nitrogens is 3. The molecular weight excluding hydrogens is 444 g/mol. The molecule has 0 saturated heterocycles. The van der Waals surface area contributed by atoms with Crippen molar-refractivity contribution in [2.45, 2.75) is 39.8 Å². The van der Waals surface area contributed by atoms with Crippen molar-refractivity contribution in [3.05, 3.63) is 81.8 Å². The van der Waals surface area contributed by atoms with Crippen LogP contribution in [0, 0.1) is 6.92 Å². The second kappa shape index (κ2) is 10.5. The highest BCUT2D eigenvalue weighted by molar-refractivity contribution is 5.76. The number of benzene rings is 2. The summed E-state index contributed by atoms with van der Waals surface area (Å²) in [4.78, 5) is 25.9. The zero-order valence-electron chi connectivity index (χ0n) is 20.5. The van der Waals surface area contributed by atoms with Gasteiger partial charge in [-0.2, -0.15) is 9.61 Å². The molecule has 0 aliphatic carbocycles. The van der Waals surface area contributed by atoms with Crippen molar-refractivity contribution in [2.24, 2.45) is 0 Å². The molecule has 0 radical (unpaired) electrons. The Kier molecular flexibility index (Phi) is 7.19. The molecule has 1 amide bonds. The Balaban J connectivity index is 1.58. The lowest BCUT2D eigenvalue weighted by Crippen LogP contribution is -2.28. The number of amides is 1. The van der Waals surface area contributed by atoms with E-state index in [0.29, 0.717) is 42.2 Å². The van der Waals surface area contributed by atoms with Gasteiger partial charge in [-0.3, -0.25) is 9.59 Å². The van der Waals surface area contributed by atoms with Crippen molar-refractivity contribution in [2.75, 3.05) is 14.2 Å². The van der Waals surface area contributed by atoms with E-state index in [1.165, 1.54) is 4.52 Å². The summed E-state index contributed by atoms with van der Waals surface area (Å²) in [6, 6.07) is 17.0. The molecule has 0 aliphatic heterocycles. The Morgan fingerprint density at radius 2 is 1.86 bits per heavy atom. The Hall–Kier alpha value is -4.07. The fourth-order valence-corrected chi connectivity index (χ4v) is 4.32. The molecule has 0 unspecified atom stereocenters. The minimum Gasteiger partial charge on any atom is -0.497 e. The minimum absolute atomic E-state index is 0.120. The first-order valence-electron chi connectivity index (χ1n) is 11.6. The van der Waals surface area contributed by atoms with Crippen LogP contribution in [0.25, 0.3) is 16.9 Å². The third kappa shape index (κ3) is 4.91. The van der Waals surface area contributed by atoms with E-state index in [1.807, 2.05) is 68.4 Å². The van der Waals surface area contributed by atoms with Crippen LogP contribution in [0.15, 0.2) is 59.4 Å². The minimum atomic E-state index is -0.205. The van der Waals surface area contributed by atoms with Crippen LogP contribution in [0.5, 0.6) is 11.5 Å². The number of methoxy groups -OCH3 is 2. The summed E-state index contributed by atoms with van der Waals surface area (Å²) in [6.45, 7) is 5.01. The third-order valence-electron chi connectivity index (χ3n) is 6.18. The van der Waals surface area contributed by atoms with Crippen LogP contribution >= 0.6 is 0 Å². The fourth-order valence-electron chi connectivity index (χ4n) is 4.32. The lowest BCUT2D eigenvalue weighted by Gasteiger charge is -2.14. The van der Waals surface area contributed by atoms with Crippen LogP contribution < -0.4 is 20.3 Å². The molecule has 0 bridgehead atoms. The SMILES string of the molecule is CCn1c(C)c(CCC(=O)NCc2cccc(OC)c2)c(=O)n2nc(-c3ccccc3OC)cc12. The van der Waals surface area contributed by atoms with Gasteiger partial charge in [-0.05, 0) is 50.1 Å². The van der Waals surface area contributed by atoms with Gasteiger partial charge in [0, 0.05) is 42.4 Å². The van der Waals surface area contributed by atoms with E-state index >= 15 is 0 Å². The van der Waals surface area contributed by atoms with E-state index < -0.39 is 0 Å². The van der Waals surface area contributed by atoms with Gasteiger partial charge >= 0.3 is 0 Å². The Labute approximate surface area is 204 Å². The third-order valence-corrected chi connectivity index (χ3v) is 6.18. The maximum Gasteiger partial charge on any atom is 0.277 e. The topological polar surface area (TPSA) is 86.9 Å². The standard InChI is InChI=1S/C27H30N4O4/c1-5-30-18(2)21(13-14-25(32)28-17-19-9-8-10-20(15-19)34-3)27(33)31-26(30)16-23(29-31)22-11-6-7-12-24(22)35-4/h6-12,15-16H,5,13-14,17H2,1-4H3,(H,28,32). The molecule has 2 aromatic heterocycles. The zero-order valence-corrected chi connectivity index (χ0v) is 20.5. The molecular formula is C27H30N4O4. The van der Waals surface area contributed by atoms with Gasteiger partial charge in [0.1, 0.15) is 17.1 Å². The van der Waals surface area contributed by atoms with Gasteiger partial charge < -0.3 is 19.4 Å². The molecule has 182 valence electrons. The van der Waals surface area contributed by atoms with Gasteiger partial charge in [-0.15, -0.1) is 0 Å². The van der Waals surface area contributed by atoms with Crippen molar-refractivity contribution in [1.29, 1.82) is 0 Å². The number of carbonyl (C=O) groups is 1. The number of rotatable bonds is 9. The van der Waals surface area contributed by atoms with Crippen molar-refractivity contribution in [3.8, 4) is 22.8 Å². The number of para-hydroxylation sites is 1. The van der Waals surface area contributed by atoms with Crippen LogP contribution in [0.2, 0.25) is 0 Å². The number of aryl methyl sites for hydroxylation is 1. The molecule has 8 heteroatoms. The van der Waals surface area contributed by atoms with E-state index in [4.69, 9.17) is 9.47 Å². The second-order valence-corrected chi connectivity index (χ2v) is 8.24. The van der Waals surface area contributed by atoms with Crippen LogP contribution in [0.1, 0.15) is 30.2 Å². The number of hydrogen-bond acceptors (Lipinski definition) is 5. The summed E-state index contributed by atoms with van der Waals surface area (Å²) in [6.07, 6.45) is 0.532. The second-order valence-electron chi connectivity index (χ2n) is 8.24. The summed E-state index contributed by atoms with van der Waals surface area (Å²) >= 11 is 0. The molecule has 2 heterocycles. The van der Waals surface area contributed by atoms with Crippen LogP contribution in [0.4, 0.5) is 0 Å². The average molecular weight is 475 g/mol. The molecule has 0 aliphatic rings. The first-order chi connectivity index (χ1) is 17.0. The zero-order chi connectivity index (χ0) is 24.9. The highest BCUT2D eigenvalue weighted by Crippen LogP contribution is 2.29. The monoisotopic (exact) mass is 474 g/mol. The highest BCUT2D eigenvalue weighted by Gasteiger charge is 2.18. The number of nitrogens with zero attached hydrogens (tertiary/aromatic N) is 3. The average Bonchev–Trinajstić information content (AvgIpc) is 3.33. The Bertz CT molecular complexity index is 1420. The van der Waals surface area contributed by atoms with Gasteiger partial charge in [-0.25, -0.2) is 0 Å². The maximum atomic E-state index is 13.4. The van der Waals surface area contributed by atoms with E-state index in [0.717, 1.165) is 22.6 Å². The predicted octanol–water partition coefficient (Wildman–Crippen LogP) is 3.76. The quantitative estimate of drug-likeness (QED) is 0.399. The lowest BCUT2D eigenvalue weighted by molar-refractivity contribution is -0.121. The molecule has 2 aromatic carbocycles. The molecule has 8 nitrogen and oxygen atoms in total. The summed E-state index contributed by atoms with van der Waals surface area (Å²) in [5, 5.41) is 7.54. The fraction of sp³-hybridized carbons (Fsp3) is 0.296. The number of hydrogen-bond donors (Lipinski definition) is 1. The molecule has 1 N–H and O–H groups in total. The molecule has 4 rings (SSSR count). The number of fused-ring (bicyclic) bond motifs is 1. The summed E-state index contributed by atoms with van der Waals surface area (Å²) < 4.78 is 14.2. The highest BCUT2D eigenvalue weighted by atomic mass is 16.5. The Morgan fingerprint density at radius 1 is 1.06 bits per heavy atom. The molecule has 0 spiro atoms. The summed E-state index contributed by atoms with van der Waals surface area (Å²) in [7, 11) is 3.22. The van der Waals surface area contributed by atoms with Crippen molar-refractivity contribution in [1.82, 2.24) is 19.5 Å². The normalized spacial score (nSPS) is 11.0. The number of carbonyl (C=O) groups excluding carboxylic acids is 1. The van der Waals surface area contributed by atoms with Gasteiger partial charge in [-0.1, -0.05) is 24.3 Å². The van der Waals surface area contributed by atoms with Crippen molar-refractivity contribution < 1.29 is 14.3 Å². The first-order valence-corrected chi connectivity index (χ1v) is 11.6. The van der Waals surface area contributed by atoms with Gasteiger partial charge in [0.2, 0.25) is 5.91 Å². The molecule has 35 heavy (non-hydrogen) atoms.